The first-order valence-corrected chi connectivity index (χ1v) is 3.25. The minimum Gasteiger partial charge on any atom is -0.294 e. The fourth-order valence-electron chi connectivity index (χ4n) is 0.850. The number of ketones is 1. The van der Waals surface area contributed by atoms with Gasteiger partial charge in [0.2, 0.25) is 5.82 Å². The van der Waals surface area contributed by atoms with Gasteiger partial charge in [-0.25, -0.2) is 22.0 Å². The Balaban J connectivity index is 3.68. The Labute approximate surface area is 75.2 Å². The molecule has 0 N–H and O–H groups in total. The van der Waals surface area contributed by atoms with Gasteiger partial charge in [-0.05, 0) is 0 Å². The number of carbonyl (C=O) groups is 1. The number of benzene rings is 1. The standard InChI is InChI=1S/C8H2F5O/c1-2(14)3-4(9)6(11)8(13)7(12)5(3)10/h1H2. The highest BCUT2D eigenvalue weighted by Crippen LogP contribution is 2.22. The topological polar surface area (TPSA) is 17.1 Å². The van der Waals surface area contributed by atoms with E-state index in [0.29, 0.717) is 0 Å². The quantitative estimate of drug-likeness (QED) is 0.300. The molecule has 75 valence electrons. The number of halogens is 5. The molecule has 0 saturated carbocycles. The van der Waals surface area contributed by atoms with Gasteiger partial charge in [0.05, 0.1) is 5.56 Å². The Hall–Kier alpha value is -1.46. The molecule has 1 radical (unpaired) electrons. The van der Waals surface area contributed by atoms with E-state index in [0.717, 1.165) is 0 Å². The fourth-order valence-corrected chi connectivity index (χ4v) is 0.850. The van der Waals surface area contributed by atoms with Crippen molar-refractivity contribution in [2.75, 3.05) is 0 Å². The van der Waals surface area contributed by atoms with Crippen LogP contribution in [0, 0.1) is 36.0 Å². The van der Waals surface area contributed by atoms with Crippen LogP contribution in [0.3, 0.4) is 0 Å². The average Bonchev–Trinajstić information content (AvgIpc) is 2.11. The Bertz CT molecular complexity index is 384. The molecule has 1 aromatic rings. The second-order valence-electron chi connectivity index (χ2n) is 2.37. The summed E-state index contributed by atoms with van der Waals surface area (Å²) in [5.74, 6) is -12.4. The SMILES string of the molecule is [CH2]C(=O)c1c(F)c(F)c(F)c(F)c1F. The van der Waals surface area contributed by atoms with E-state index >= 15 is 0 Å². The maximum absolute atomic E-state index is 12.7. The molecule has 0 bridgehead atoms. The highest BCUT2D eigenvalue weighted by molar-refractivity contribution is 5.99. The number of rotatable bonds is 1. The highest BCUT2D eigenvalue weighted by Gasteiger charge is 2.27. The second-order valence-corrected chi connectivity index (χ2v) is 2.37. The molecule has 1 aromatic carbocycles. The van der Waals surface area contributed by atoms with E-state index in [9.17, 15) is 26.7 Å². The van der Waals surface area contributed by atoms with Crippen molar-refractivity contribution in [3.05, 3.63) is 41.6 Å². The summed E-state index contributed by atoms with van der Waals surface area (Å²) in [7, 11) is 0. The van der Waals surface area contributed by atoms with Crippen LogP contribution in [-0.4, -0.2) is 5.78 Å². The third-order valence-corrected chi connectivity index (χ3v) is 1.49. The Kier molecular flexibility index (Phi) is 2.55. The predicted octanol–water partition coefficient (Wildman–Crippen LogP) is 2.40. The second kappa shape index (κ2) is 3.36. The van der Waals surface area contributed by atoms with E-state index in [1.165, 1.54) is 0 Å². The van der Waals surface area contributed by atoms with Gasteiger partial charge in [0.1, 0.15) is 0 Å². The lowest BCUT2D eigenvalue weighted by Gasteiger charge is -2.04. The molecular formula is C8H2F5O. The summed E-state index contributed by atoms with van der Waals surface area (Å²) >= 11 is 0. The van der Waals surface area contributed by atoms with Crippen molar-refractivity contribution in [2.45, 2.75) is 0 Å². The van der Waals surface area contributed by atoms with Gasteiger partial charge in [-0.1, -0.05) is 0 Å². The Morgan fingerprint density at radius 3 is 1.36 bits per heavy atom. The van der Waals surface area contributed by atoms with Gasteiger partial charge in [0.25, 0.3) is 0 Å². The van der Waals surface area contributed by atoms with Crippen molar-refractivity contribution in [3.8, 4) is 0 Å². The number of carbonyl (C=O) groups excluding carboxylic acids is 1. The van der Waals surface area contributed by atoms with E-state index in [2.05, 4.69) is 6.92 Å². The molecule has 0 aromatic heterocycles. The number of hydrogen-bond donors (Lipinski definition) is 0. The van der Waals surface area contributed by atoms with Crippen LogP contribution in [0.5, 0.6) is 0 Å². The summed E-state index contributed by atoms with van der Waals surface area (Å²) in [6.45, 7) is 2.57. The van der Waals surface area contributed by atoms with Gasteiger partial charge >= 0.3 is 0 Å². The van der Waals surface area contributed by atoms with E-state index in [4.69, 9.17) is 0 Å². The summed E-state index contributed by atoms with van der Waals surface area (Å²) < 4.78 is 62.6. The lowest BCUT2D eigenvalue weighted by atomic mass is 10.1. The molecule has 0 spiro atoms. The summed E-state index contributed by atoms with van der Waals surface area (Å²) in [5.41, 5.74) is -1.53. The molecule has 0 unspecified atom stereocenters. The maximum atomic E-state index is 12.7. The summed E-state index contributed by atoms with van der Waals surface area (Å²) in [5, 5.41) is 0. The van der Waals surface area contributed by atoms with Gasteiger partial charge in [0, 0.05) is 6.92 Å². The van der Waals surface area contributed by atoms with Gasteiger partial charge in [-0.2, -0.15) is 0 Å². The van der Waals surface area contributed by atoms with Crippen LogP contribution in [0.2, 0.25) is 0 Å². The largest absolute Gasteiger partial charge is 0.294 e. The molecule has 0 aliphatic carbocycles. The minimum absolute atomic E-state index is 1.47. The summed E-state index contributed by atoms with van der Waals surface area (Å²) in [4.78, 5) is 10.5. The molecule has 0 atom stereocenters. The van der Waals surface area contributed by atoms with Crippen molar-refractivity contribution in [3.63, 3.8) is 0 Å². The van der Waals surface area contributed by atoms with E-state index in [1.807, 2.05) is 0 Å². The number of Topliss-reactive ketones (excluding diaryl/α,β-unsaturated/α-hetero) is 1. The molecule has 1 rings (SSSR count). The van der Waals surface area contributed by atoms with E-state index in [-0.39, 0.29) is 0 Å². The van der Waals surface area contributed by atoms with Crippen LogP contribution in [0.4, 0.5) is 22.0 Å². The molecule has 0 fully saturated rings. The molecule has 0 heterocycles. The van der Waals surface area contributed by atoms with E-state index in [1.54, 1.807) is 0 Å². The highest BCUT2D eigenvalue weighted by atomic mass is 19.2. The normalized spacial score (nSPS) is 10.4. The average molecular weight is 209 g/mol. The van der Waals surface area contributed by atoms with Crippen LogP contribution >= 0.6 is 0 Å². The fraction of sp³-hybridized carbons (Fsp3) is 0. The monoisotopic (exact) mass is 209 g/mol. The van der Waals surface area contributed by atoms with Crippen LogP contribution in [0.25, 0.3) is 0 Å². The first-order chi connectivity index (χ1) is 6.37. The third kappa shape index (κ3) is 1.36. The smallest absolute Gasteiger partial charge is 0.200 e. The molecule has 0 amide bonds. The zero-order valence-corrected chi connectivity index (χ0v) is 6.51. The van der Waals surface area contributed by atoms with Gasteiger partial charge in [-0.3, -0.25) is 4.79 Å². The van der Waals surface area contributed by atoms with Gasteiger partial charge in [-0.15, -0.1) is 0 Å². The zero-order valence-electron chi connectivity index (χ0n) is 6.51. The van der Waals surface area contributed by atoms with Crippen molar-refractivity contribution in [2.24, 2.45) is 0 Å². The van der Waals surface area contributed by atoms with Crippen molar-refractivity contribution >= 4 is 5.78 Å². The Morgan fingerprint density at radius 2 is 1.07 bits per heavy atom. The van der Waals surface area contributed by atoms with Crippen LogP contribution in [0.1, 0.15) is 10.4 Å². The minimum atomic E-state index is -2.30. The lowest BCUT2D eigenvalue weighted by Crippen LogP contribution is -2.10. The maximum Gasteiger partial charge on any atom is 0.200 e. The van der Waals surface area contributed by atoms with Crippen LogP contribution < -0.4 is 0 Å². The van der Waals surface area contributed by atoms with Crippen molar-refractivity contribution in [1.82, 2.24) is 0 Å². The van der Waals surface area contributed by atoms with Crippen LogP contribution in [-0.2, 0) is 0 Å². The zero-order chi connectivity index (χ0) is 11.0. The number of hydrogen-bond acceptors (Lipinski definition) is 1. The summed E-state index contributed by atoms with van der Waals surface area (Å²) in [6, 6.07) is 0. The molecule has 0 aliphatic heterocycles. The molecule has 14 heavy (non-hydrogen) atoms. The van der Waals surface area contributed by atoms with Gasteiger partial charge < -0.3 is 0 Å². The Morgan fingerprint density at radius 1 is 0.786 bits per heavy atom. The van der Waals surface area contributed by atoms with Crippen LogP contribution in [0.15, 0.2) is 0 Å². The third-order valence-electron chi connectivity index (χ3n) is 1.49. The van der Waals surface area contributed by atoms with Crippen molar-refractivity contribution in [1.29, 1.82) is 0 Å². The molecule has 0 saturated heterocycles. The first kappa shape index (κ1) is 10.6. The lowest BCUT2D eigenvalue weighted by molar-refractivity contribution is 0.103. The van der Waals surface area contributed by atoms with Crippen molar-refractivity contribution < 1.29 is 26.7 Å². The van der Waals surface area contributed by atoms with E-state index < -0.39 is 40.4 Å². The molecule has 1 nitrogen and oxygen atoms in total. The molecule has 6 heteroatoms. The predicted molar refractivity (Wildman–Crippen MR) is 35.9 cm³/mol. The summed E-state index contributed by atoms with van der Waals surface area (Å²) in [6.07, 6.45) is 0. The first-order valence-electron chi connectivity index (χ1n) is 3.25. The molecular weight excluding hydrogens is 207 g/mol. The molecule has 0 aliphatic rings. The van der Waals surface area contributed by atoms with Gasteiger partial charge in [0.15, 0.2) is 29.1 Å².